The van der Waals surface area contributed by atoms with E-state index in [2.05, 4.69) is 10.2 Å². The SMILES string of the molecule is Cc1ccc(C(O)=C2C(=O)C(=O)N(c3nnc(SCc4ccc(Cl)cc4Cl)s3)[C@H]2c2ccc(N(C)C)cc2)cc1F. The van der Waals surface area contributed by atoms with Gasteiger partial charge in [0.1, 0.15) is 11.6 Å². The second-order valence-corrected chi connectivity index (χ2v) is 12.5. The largest absolute Gasteiger partial charge is 0.507 e. The summed E-state index contributed by atoms with van der Waals surface area (Å²) in [6, 6.07) is 15.6. The van der Waals surface area contributed by atoms with E-state index in [1.165, 1.54) is 28.8 Å². The standard InChI is InChI=1S/C29H23Cl2FN4O3S2/c1-15-4-5-17(12-22(15)32)25(37)23-24(16-7-10-20(11-8-16)35(2)3)36(27(39)26(23)38)28-33-34-29(41-28)40-14-18-6-9-19(30)13-21(18)31/h4-13,24,37H,14H2,1-3H3/t24-/m0/s1. The maximum atomic E-state index is 14.4. The molecule has 1 amide bonds. The van der Waals surface area contributed by atoms with Gasteiger partial charge in [-0.05, 0) is 53.9 Å². The average molecular weight is 630 g/mol. The zero-order valence-corrected chi connectivity index (χ0v) is 25.2. The van der Waals surface area contributed by atoms with E-state index < -0.39 is 29.3 Å². The van der Waals surface area contributed by atoms with Crippen molar-refractivity contribution in [3.8, 4) is 0 Å². The molecule has 41 heavy (non-hydrogen) atoms. The first-order valence-corrected chi connectivity index (χ1v) is 14.9. The van der Waals surface area contributed by atoms with Crippen LogP contribution in [-0.2, 0) is 15.3 Å². The molecule has 1 aliphatic heterocycles. The molecule has 0 unspecified atom stereocenters. The number of aromatic nitrogens is 2. The maximum Gasteiger partial charge on any atom is 0.301 e. The minimum Gasteiger partial charge on any atom is -0.507 e. The Labute approximate surface area is 254 Å². The van der Waals surface area contributed by atoms with E-state index in [1.807, 2.05) is 37.2 Å². The van der Waals surface area contributed by atoms with E-state index in [9.17, 15) is 19.1 Å². The van der Waals surface area contributed by atoms with E-state index >= 15 is 0 Å². The normalized spacial score (nSPS) is 16.4. The highest BCUT2D eigenvalue weighted by molar-refractivity contribution is 8.00. The van der Waals surface area contributed by atoms with E-state index in [0.717, 1.165) is 28.7 Å². The third kappa shape index (κ3) is 5.83. The number of carbonyl (C=O) groups excluding carboxylic acids is 2. The molecule has 0 radical (unpaired) electrons. The summed E-state index contributed by atoms with van der Waals surface area (Å²) >= 11 is 14.8. The van der Waals surface area contributed by atoms with Crippen LogP contribution in [0.15, 0.2) is 70.6 Å². The van der Waals surface area contributed by atoms with Crippen molar-refractivity contribution in [3.63, 3.8) is 0 Å². The zero-order chi connectivity index (χ0) is 29.4. The molecule has 1 fully saturated rings. The van der Waals surface area contributed by atoms with Crippen molar-refractivity contribution in [2.75, 3.05) is 23.9 Å². The summed E-state index contributed by atoms with van der Waals surface area (Å²) in [4.78, 5) is 30.0. The monoisotopic (exact) mass is 628 g/mol. The quantitative estimate of drug-likeness (QED) is 0.0756. The topological polar surface area (TPSA) is 86.6 Å². The second kappa shape index (κ2) is 11.8. The summed E-state index contributed by atoms with van der Waals surface area (Å²) in [5.41, 5.74) is 2.65. The molecule has 5 rings (SSSR count). The molecule has 1 N–H and O–H groups in total. The maximum absolute atomic E-state index is 14.4. The number of aliphatic hydroxyl groups excluding tert-OH is 1. The molecule has 3 aromatic carbocycles. The number of nitrogens with zero attached hydrogens (tertiary/aromatic N) is 4. The van der Waals surface area contributed by atoms with Gasteiger partial charge in [-0.25, -0.2) is 4.39 Å². The molecule has 210 valence electrons. The van der Waals surface area contributed by atoms with E-state index in [0.29, 0.717) is 31.3 Å². The number of aliphatic hydroxyl groups is 1. The van der Waals surface area contributed by atoms with E-state index in [-0.39, 0.29) is 16.3 Å². The highest BCUT2D eigenvalue weighted by Gasteiger charge is 2.48. The van der Waals surface area contributed by atoms with Gasteiger partial charge in [0, 0.05) is 41.1 Å². The molecule has 1 saturated heterocycles. The van der Waals surface area contributed by atoms with Crippen molar-refractivity contribution >= 4 is 74.6 Å². The number of Topliss-reactive ketones (excluding diaryl/α,β-unsaturated/α-hetero) is 1. The molecule has 4 aromatic rings. The van der Waals surface area contributed by atoms with Crippen molar-refractivity contribution in [3.05, 3.63) is 104 Å². The average Bonchev–Trinajstić information content (AvgIpc) is 3.51. The summed E-state index contributed by atoms with van der Waals surface area (Å²) in [7, 11) is 3.79. The van der Waals surface area contributed by atoms with Crippen molar-refractivity contribution in [1.29, 1.82) is 0 Å². The molecule has 1 aliphatic rings. The first-order chi connectivity index (χ1) is 19.5. The molecule has 1 atom stereocenters. The van der Waals surface area contributed by atoms with Crippen LogP contribution >= 0.6 is 46.3 Å². The Balaban J connectivity index is 1.55. The van der Waals surface area contributed by atoms with E-state index in [4.69, 9.17) is 23.2 Å². The summed E-state index contributed by atoms with van der Waals surface area (Å²) in [5, 5.41) is 21.0. The fraction of sp³-hybridized carbons (Fsp3) is 0.172. The minimum absolute atomic E-state index is 0.0920. The zero-order valence-electron chi connectivity index (χ0n) is 22.1. The molecular weight excluding hydrogens is 606 g/mol. The van der Waals surface area contributed by atoms with Crippen LogP contribution in [0.5, 0.6) is 0 Å². The van der Waals surface area contributed by atoms with Gasteiger partial charge in [0.25, 0.3) is 5.78 Å². The first kappa shape index (κ1) is 29.1. The van der Waals surface area contributed by atoms with Gasteiger partial charge in [-0.1, -0.05) is 76.6 Å². The molecule has 0 spiro atoms. The van der Waals surface area contributed by atoms with Crippen LogP contribution in [0.2, 0.25) is 10.0 Å². The Morgan fingerprint density at radius 1 is 1.07 bits per heavy atom. The molecule has 0 aliphatic carbocycles. The summed E-state index contributed by atoms with van der Waals surface area (Å²) < 4.78 is 14.9. The van der Waals surface area contributed by atoms with Gasteiger partial charge < -0.3 is 10.0 Å². The van der Waals surface area contributed by atoms with Gasteiger partial charge in [-0.15, -0.1) is 10.2 Å². The Hall–Kier alpha value is -3.44. The van der Waals surface area contributed by atoms with Gasteiger partial charge in [0.15, 0.2) is 4.34 Å². The van der Waals surface area contributed by atoms with Gasteiger partial charge in [-0.2, -0.15) is 0 Å². The van der Waals surface area contributed by atoms with Crippen molar-refractivity contribution < 1.29 is 19.1 Å². The predicted octanol–water partition coefficient (Wildman–Crippen LogP) is 7.28. The Kier molecular flexibility index (Phi) is 8.37. The highest BCUT2D eigenvalue weighted by atomic mass is 35.5. The second-order valence-electron chi connectivity index (χ2n) is 9.49. The van der Waals surface area contributed by atoms with Gasteiger partial charge in [-0.3, -0.25) is 14.5 Å². The van der Waals surface area contributed by atoms with Crippen LogP contribution in [-0.4, -0.2) is 41.1 Å². The fourth-order valence-electron chi connectivity index (χ4n) is 4.33. The first-order valence-electron chi connectivity index (χ1n) is 12.3. The molecule has 0 saturated carbocycles. The lowest BCUT2D eigenvalue weighted by Crippen LogP contribution is -2.29. The van der Waals surface area contributed by atoms with Gasteiger partial charge >= 0.3 is 5.91 Å². The molecule has 1 aromatic heterocycles. The number of thioether (sulfide) groups is 1. The minimum atomic E-state index is -1.01. The van der Waals surface area contributed by atoms with Gasteiger partial charge in [0.05, 0.1) is 11.6 Å². The van der Waals surface area contributed by atoms with Crippen LogP contribution < -0.4 is 9.80 Å². The van der Waals surface area contributed by atoms with Gasteiger partial charge in [0.2, 0.25) is 5.13 Å². The lowest BCUT2D eigenvalue weighted by molar-refractivity contribution is -0.132. The van der Waals surface area contributed by atoms with Crippen LogP contribution in [0, 0.1) is 12.7 Å². The Morgan fingerprint density at radius 2 is 1.80 bits per heavy atom. The Morgan fingerprint density at radius 3 is 2.46 bits per heavy atom. The molecular formula is C29H23Cl2FN4O3S2. The molecule has 7 nitrogen and oxygen atoms in total. The Bertz CT molecular complexity index is 1690. The van der Waals surface area contributed by atoms with Crippen LogP contribution in [0.1, 0.15) is 28.3 Å². The molecule has 0 bridgehead atoms. The number of hydrogen-bond donors (Lipinski definition) is 1. The van der Waals surface area contributed by atoms with Crippen LogP contribution in [0.4, 0.5) is 15.2 Å². The number of anilines is 2. The molecule has 2 heterocycles. The van der Waals surface area contributed by atoms with Crippen molar-refractivity contribution in [1.82, 2.24) is 10.2 Å². The number of rotatable bonds is 7. The fourth-order valence-corrected chi connectivity index (χ4v) is 6.76. The van der Waals surface area contributed by atoms with E-state index in [1.54, 1.807) is 31.2 Å². The van der Waals surface area contributed by atoms with Crippen molar-refractivity contribution in [2.45, 2.75) is 23.1 Å². The summed E-state index contributed by atoms with van der Waals surface area (Å²) in [6.45, 7) is 1.59. The summed E-state index contributed by atoms with van der Waals surface area (Å²) in [5.74, 6) is -2.29. The number of ketones is 1. The van der Waals surface area contributed by atoms with Crippen molar-refractivity contribution in [2.24, 2.45) is 0 Å². The third-order valence-corrected chi connectivity index (χ3v) is 9.27. The third-order valence-electron chi connectivity index (χ3n) is 6.58. The predicted molar refractivity (Wildman–Crippen MR) is 163 cm³/mol. The number of aryl methyl sites for hydroxylation is 1. The van der Waals surface area contributed by atoms with Crippen LogP contribution in [0.3, 0.4) is 0 Å². The lowest BCUT2D eigenvalue weighted by Gasteiger charge is -2.23. The smallest absolute Gasteiger partial charge is 0.301 e. The molecule has 12 heteroatoms. The summed E-state index contributed by atoms with van der Waals surface area (Å²) in [6.07, 6.45) is 0. The number of carbonyl (C=O) groups is 2. The number of amides is 1. The number of benzene rings is 3. The van der Waals surface area contributed by atoms with Crippen LogP contribution in [0.25, 0.3) is 5.76 Å². The highest BCUT2D eigenvalue weighted by Crippen LogP contribution is 2.44. The number of halogens is 3. The lowest BCUT2D eigenvalue weighted by atomic mass is 9.95. The number of hydrogen-bond acceptors (Lipinski definition) is 8.